The maximum Gasteiger partial charge on any atom is 0.270 e. The molecule has 6 heterocycles. The number of nitrogens with zero attached hydrogens (tertiary/aromatic N) is 9. The number of carbonyl (C=O) groups is 3. The molecule has 0 bridgehead atoms. The van der Waals surface area contributed by atoms with Gasteiger partial charge in [-0.3, -0.25) is 29.5 Å². The third-order valence-corrected chi connectivity index (χ3v) is 13.7. The predicted molar refractivity (Wildman–Crippen MR) is 230 cm³/mol. The standard InChI is InChI=1S/C45H59N11O3/c1-51(2)44(59)39-27-33-28-47-45(50-42(33)56(39)36-5-3-4-6-36)48-40-17-15-37(29-46-40)55-21-19-52(20-22-55)30-31-7-11-34(12-8-31)53-23-25-54(26-24-53)35-13-9-32(10-14-35)38-16-18-41(57)49-43(38)58/h9-10,13-15,17,27-29,31,34,36,38H,3-8,11-12,16,18-26,30H2,1-2H3,(H,49,57,58)(H,46,47,48,50). The maximum atomic E-state index is 13.1. The van der Waals surface area contributed by atoms with Crippen LogP contribution in [-0.4, -0.2) is 131 Å². The van der Waals surface area contributed by atoms with Gasteiger partial charge in [0.25, 0.3) is 5.91 Å². The molecule has 9 rings (SSSR count). The van der Waals surface area contributed by atoms with Crippen LogP contribution in [0.2, 0.25) is 0 Å². The van der Waals surface area contributed by atoms with Gasteiger partial charge in [-0.05, 0) is 86.8 Å². The van der Waals surface area contributed by atoms with Crippen LogP contribution in [0.1, 0.15) is 92.2 Å². The van der Waals surface area contributed by atoms with Gasteiger partial charge in [-0.1, -0.05) is 25.0 Å². The number of fused-ring (bicyclic) bond motifs is 1. The highest BCUT2D eigenvalue weighted by Gasteiger charge is 2.32. The summed E-state index contributed by atoms with van der Waals surface area (Å²) in [6.07, 6.45) is 14.4. The van der Waals surface area contributed by atoms with E-state index in [2.05, 4.69) is 70.1 Å². The van der Waals surface area contributed by atoms with E-state index in [0.717, 1.165) is 93.4 Å². The van der Waals surface area contributed by atoms with Gasteiger partial charge in [-0.15, -0.1) is 0 Å². The molecule has 2 aliphatic carbocycles. The van der Waals surface area contributed by atoms with Crippen LogP contribution in [0.3, 0.4) is 0 Å². The van der Waals surface area contributed by atoms with Crippen LogP contribution in [0.15, 0.2) is 54.9 Å². The molecule has 59 heavy (non-hydrogen) atoms. The molecule has 1 unspecified atom stereocenters. The number of aromatic nitrogens is 4. The van der Waals surface area contributed by atoms with Crippen molar-refractivity contribution in [1.29, 1.82) is 0 Å². The van der Waals surface area contributed by atoms with Crippen molar-refractivity contribution in [2.45, 2.75) is 82.2 Å². The van der Waals surface area contributed by atoms with Crippen molar-refractivity contribution in [2.24, 2.45) is 5.92 Å². The van der Waals surface area contributed by atoms with E-state index < -0.39 is 0 Å². The largest absolute Gasteiger partial charge is 0.369 e. The minimum Gasteiger partial charge on any atom is -0.369 e. The molecule has 5 aliphatic rings. The Balaban J connectivity index is 0.710. The summed E-state index contributed by atoms with van der Waals surface area (Å²) in [6, 6.07) is 15.5. The van der Waals surface area contributed by atoms with E-state index in [-0.39, 0.29) is 29.7 Å². The van der Waals surface area contributed by atoms with Crippen molar-refractivity contribution in [2.75, 3.05) is 88.1 Å². The van der Waals surface area contributed by atoms with Gasteiger partial charge >= 0.3 is 0 Å². The van der Waals surface area contributed by atoms with Crippen molar-refractivity contribution in [3.05, 3.63) is 66.1 Å². The summed E-state index contributed by atoms with van der Waals surface area (Å²) < 4.78 is 2.14. The molecule has 3 aromatic heterocycles. The van der Waals surface area contributed by atoms with Crippen LogP contribution < -0.4 is 20.4 Å². The number of carbonyl (C=O) groups excluding carboxylic acids is 3. The van der Waals surface area contributed by atoms with Crippen LogP contribution in [0, 0.1) is 5.92 Å². The van der Waals surface area contributed by atoms with E-state index in [1.807, 2.05) is 18.3 Å². The van der Waals surface area contributed by atoms with Crippen LogP contribution in [0.5, 0.6) is 0 Å². The highest BCUT2D eigenvalue weighted by atomic mass is 16.2. The number of imide groups is 1. The molecule has 4 aromatic rings. The van der Waals surface area contributed by atoms with Gasteiger partial charge in [-0.2, -0.15) is 4.98 Å². The monoisotopic (exact) mass is 801 g/mol. The molecule has 3 saturated heterocycles. The first kappa shape index (κ1) is 39.4. The number of hydrogen-bond acceptors (Lipinski definition) is 11. The van der Waals surface area contributed by atoms with E-state index in [1.54, 1.807) is 25.2 Å². The number of rotatable bonds is 10. The van der Waals surface area contributed by atoms with Gasteiger partial charge in [0.05, 0.1) is 17.8 Å². The lowest BCUT2D eigenvalue weighted by molar-refractivity contribution is -0.134. The normalized spacial score (nSPS) is 23.8. The Bertz CT molecular complexity index is 2110. The Hall–Kier alpha value is -5.08. The fourth-order valence-corrected chi connectivity index (χ4v) is 10.3. The Morgan fingerprint density at radius 3 is 2.15 bits per heavy atom. The minimum atomic E-state index is -0.229. The lowest BCUT2D eigenvalue weighted by atomic mass is 9.84. The Labute approximate surface area is 347 Å². The van der Waals surface area contributed by atoms with E-state index >= 15 is 0 Å². The first-order valence-corrected chi connectivity index (χ1v) is 22.0. The molecular formula is C45H59N11O3. The molecule has 14 nitrogen and oxygen atoms in total. The summed E-state index contributed by atoms with van der Waals surface area (Å²) in [7, 11) is 3.59. The van der Waals surface area contributed by atoms with Crippen molar-refractivity contribution in [1.82, 2.24) is 39.5 Å². The Morgan fingerprint density at radius 2 is 1.47 bits per heavy atom. The summed E-state index contributed by atoms with van der Waals surface area (Å²) in [5, 5.41) is 6.67. The summed E-state index contributed by atoms with van der Waals surface area (Å²) in [5.41, 5.74) is 4.82. The van der Waals surface area contributed by atoms with Gasteiger partial charge in [0.2, 0.25) is 17.8 Å². The lowest BCUT2D eigenvalue weighted by Gasteiger charge is -2.43. The van der Waals surface area contributed by atoms with E-state index in [9.17, 15) is 14.4 Å². The van der Waals surface area contributed by atoms with Crippen LogP contribution in [-0.2, 0) is 9.59 Å². The molecule has 14 heteroatoms. The number of piperidine rings is 1. The fourth-order valence-electron chi connectivity index (χ4n) is 10.3. The summed E-state index contributed by atoms with van der Waals surface area (Å²) in [5.74, 6) is 1.38. The summed E-state index contributed by atoms with van der Waals surface area (Å²) >= 11 is 0. The average Bonchev–Trinajstić information content (AvgIpc) is 3.93. The molecule has 3 aliphatic heterocycles. The Morgan fingerprint density at radius 1 is 0.780 bits per heavy atom. The number of nitrogens with one attached hydrogen (secondary N) is 2. The molecule has 0 radical (unpaired) electrons. The maximum absolute atomic E-state index is 13.1. The zero-order valence-electron chi connectivity index (χ0n) is 34.7. The van der Waals surface area contributed by atoms with Gasteiger partial charge < -0.3 is 24.6 Å². The lowest BCUT2D eigenvalue weighted by Crippen LogP contribution is -2.52. The smallest absolute Gasteiger partial charge is 0.270 e. The van der Waals surface area contributed by atoms with Crippen molar-refractivity contribution < 1.29 is 14.4 Å². The second-order valence-corrected chi connectivity index (χ2v) is 17.6. The molecule has 0 spiro atoms. The van der Waals surface area contributed by atoms with Crippen molar-refractivity contribution in [3.63, 3.8) is 0 Å². The van der Waals surface area contributed by atoms with E-state index in [1.165, 1.54) is 50.8 Å². The number of piperazine rings is 2. The molecule has 3 amide bonds. The van der Waals surface area contributed by atoms with Gasteiger partial charge in [-0.25, -0.2) is 9.97 Å². The quantitative estimate of drug-likeness (QED) is 0.200. The van der Waals surface area contributed by atoms with Gasteiger partial charge in [0, 0.05) is 109 Å². The van der Waals surface area contributed by atoms with Crippen LogP contribution in [0.25, 0.3) is 11.0 Å². The number of amides is 3. The second kappa shape index (κ2) is 17.3. The molecular weight excluding hydrogens is 743 g/mol. The zero-order chi connectivity index (χ0) is 40.5. The number of benzene rings is 1. The average molecular weight is 802 g/mol. The minimum absolute atomic E-state index is 0.0107. The summed E-state index contributed by atoms with van der Waals surface area (Å²) in [6.45, 7) is 9.59. The highest BCUT2D eigenvalue weighted by Crippen LogP contribution is 2.36. The molecule has 1 atom stereocenters. The first-order valence-electron chi connectivity index (χ1n) is 22.0. The SMILES string of the molecule is CN(C)C(=O)c1cc2cnc(Nc3ccc(N4CCN(CC5CCC(N6CCN(c7ccc(C8CCC(=O)NC8=O)cc7)CC6)CC5)CC4)cn3)nc2n1C1CCCC1. The second-order valence-electron chi connectivity index (χ2n) is 17.6. The summed E-state index contributed by atoms with van der Waals surface area (Å²) in [4.78, 5) is 63.1. The van der Waals surface area contributed by atoms with Crippen LogP contribution >= 0.6 is 0 Å². The zero-order valence-corrected chi connectivity index (χ0v) is 34.7. The highest BCUT2D eigenvalue weighted by molar-refractivity contribution is 6.01. The third kappa shape index (κ3) is 8.65. The van der Waals surface area contributed by atoms with Gasteiger partial charge in [0.1, 0.15) is 17.2 Å². The van der Waals surface area contributed by atoms with Crippen molar-refractivity contribution >= 4 is 51.9 Å². The fraction of sp³-hybridized carbons (Fsp3) is 0.556. The van der Waals surface area contributed by atoms with E-state index in [4.69, 9.17) is 9.97 Å². The number of anilines is 4. The molecule has 5 fully saturated rings. The van der Waals surface area contributed by atoms with Crippen LogP contribution in [0.4, 0.5) is 23.1 Å². The molecule has 1 aromatic carbocycles. The predicted octanol–water partition coefficient (Wildman–Crippen LogP) is 5.41. The third-order valence-electron chi connectivity index (χ3n) is 13.7. The van der Waals surface area contributed by atoms with E-state index in [0.29, 0.717) is 36.3 Å². The molecule has 2 saturated carbocycles. The molecule has 312 valence electrons. The van der Waals surface area contributed by atoms with Gasteiger partial charge in [0.15, 0.2) is 0 Å². The topological polar surface area (TPSA) is 135 Å². The number of hydrogen-bond donors (Lipinski definition) is 2. The Kier molecular flexibility index (Phi) is 11.5. The first-order chi connectivity index (χ1) is 28.8. The van der Waals surface area contributed by atoms with Crippen molar-refractivity contribution in [3.8, 4) is 0 Å². The molecule has 2 N–H and O–H groups in total. The number of pyridine rings is 1.